The van der Waals surface area contributed by atoms with E-state index in [0.29, 0.717) is 35.7 Å². The number of carbonyl (C=O) groups is 2. The molecule has 0 unspecified atom stereocenters. The first-order valence-corrected chi connectivity index (χ1v) is 16.5. The molecule has 1 heterocycles. The number of nitrogens with one attached hydrogen (secondary N) is 2. The predicted molar refractivity (Wildman–Crippen MR) is 194 cm³/mol. The molecule has 0 aliphatic rings. The molecule has 6 aromatic rings. The van der Waals surface area contributed by atoms with E-state index < -0.39 is 0 Å². The Kier molecular flexibility index (Phi) is 10.3. The predicted octanol–water partition coefficient (Wildman–Crippen LogP) is 9.92. The maximum atomic E-state index is 13.2. The van der Waals surface area contributed by atoms with Crippen LogP contribution in [0.25, 0.3) is 32.9 Å². The zero-order chi connectivity index (χ0) is 33.3. The van der Waals surface area contributed by atoms with Gasteiger partial charge in [0.15, 0.2) is 0 Å². The number of hydrogen-bond donors (Lipinski definition) is 2. The molecule has 6 rings (SSSR count). The van der Waals surface area contributed by atoms with Gasteiger partial charge in [-0.3, -0.25) is 9.59 Å². The number of rotatable bonds is 13. The van der Waals surface area contributed by atoms with Crippen molar-refractivity contribution in [2.24, 2.45) is 0 Å². The minimum atomic E-state index is -0.211. The van der Waals surface area contributed by atoms with Gasteiger partial charge >= 0.3 is 0 Å². The van der Waals surface area contributed by atoms with Crippen LogP contribution in [-0.2, 0) is 0 Å². The maximum absolute atomic E-state index is 13.2. The number of unbranched alkanes of at least 4 members (excludes halogenated alkanes) is 2. The van der Waals surface area contributed by atoms with Gasteiger partial charge < -0.3 is 20.1 Å². The number of ether oxygens (including phenoxy) is 2. The molecular weight excluding hydrogens is 598 g/mol. The number of pyridine rings is 1. The van der Waals surface area contributed by atoms with Crippen molar-refractivity contribution in [2.45, 2.75) is 39.5 Å². The fourth-order valence-electron chi connectivity index (χ4n) is 5.46. The van der Waals surface area contributed by atoms with Gasteiger partial charge in [-0.05, 0) is 91.0 Å². The van der Waals surface area contributed by atoms with Crippen LogP contribution in [0.3, 0.4) is 0 Å². The highest BCUT2D eigenvalue weighted by atomic mass is 16.5. The van der Waals surface area contributed by atoms with Gasteiger partial charge in [0.1, 0.15) is 11.5 Å². The number of aromatic nitrogens is 1. The van der Waals surface area contributed by atoms with E-state index in [-0.39, 0.29) is 11.8 Å². The summed E-state index contributed by atoms with van der Waals surface area (Å²) in [7, 11) is 0. The molecular formula is C41H39N3O4. The molecule has 0 aliphatic heterocycles. The lowest BCUT2D eigenvalue weighted by molar-refractivity contribution is 0.101. The first kappa shape index (κ1) is 32.3. The Morgan fingerprint density at radius 2 is 1.10 bits per heavy atom. The van der Waals surface area contributed by atoms with Crippen LogP contribution >= 0.6 is 0 Å². The summed E-state index contributed by atoms with van der Waals surface area (Å²) >= 11 is 0. The lowest BCUT2D eigenvalue weighted by Gasteiger charge is -2.14. The zero-order valence-corrected chi connectivity index (χ0v) is 27.3. The first-order chi connectivity index (χ1) is 23.5. The van der Waals surface area contributed by atoms with Gasteiger partial charge in [-0.25, -0.2) is 4.98 Å². The lowest BCUT2D eigenvalue weighted by atomic mass is 9.99. The largest absolute Gasteiger partial charge is 0.494 e. The second-order valence-corrected chi connectivity index (χ2v) is 11.7. The van der Waals surface area contributed by atoms with Gasteiger partial charge in [-0.15, -0.1) is 0 Å². The summed E-state index contributed by atoms with van der Waals surface area (Å²) < 4.78 is 11.5. The van der Waals surface area contributed by atoms with E-state index >= 15 is 0 Å². The van der Waals surface area contributed by atoms with Crippen molar-refractivity contribution >= 4 is 44.9 Å². The molecule has 2 N–H and O–H groups in total. The molecule has 1 aromatic heterocycles. The maximum Gasteiger partial charge on any atom is 0.255 e. The monoisotopic (exact) mass is 637 g/mol. The SMILES string of the molecule is CCCCOc1ccc(C(=O)Nc2ccc3c(c2)nc(-c2ccccc2)c2cc(NC(=O)c4ccc(OCCCC)cc4)ccc23)cc1. The average Bonchev–Trinajstić information content (AvgIpc) is 3.12. The van der Waals surface area contributed by atoms with Gasteiger partial charge in [0.2, 0.25) is 0 Å². The van der Waals surface area contributed by atoms with E-state index in [1.165, 1.54) is 0 Å². The van der Waals surface area contributed by atoms with Crippen LogP contribution in [0.4, 0.5) is 11.4 Å². The molecule has 48 heavy (non-hydrogen) atoms. The third-order valence-corrected chi connectivity index (χ3v) is 8.12. The Labute approximate surface area is 280 Å². The second kappa shape index (κ2) is 15.3. The molecule has 0 radical (unpaired) electrons. The Balaban J connectivity index is 1.26. The van der Waals surface area contributed by atoms with Gasteiger partial charge in [0.25, 0.3) is 11.8 Å². The normalized spacial score (nSPS) is 11.0. The highest BCUT2D eigenvalue weighted by Gasteiger charge is 2.15. The van der Waals surface area contributed by atoms with Gasteiger partial charge in [-0.1, -0.05) is 69.2 Å². The summed E-state index contributed by atoms with van der Waals surface area (Å²) in [5, 5.41) is 8.90. The molecule has 242 valence electrons. The van der Waals surface area contributed by atoms with Crippen LogP contribution in [0, 0.1) is 0 Å². The summed E-state index contributed by atoms with van der Waals surface area (Å²) in [4.78, 5) is 31.4. The van der Waals surface area contributed by atoms with E-state index in [4.69, 9.17) is 14.5 Å². The number of hydrogen-bond acceptors (Lipinski definition) is 5. The van der Waals surface area contributed by atoms with E-state index in [0.717, 1.165) is 70.1 Å². The van der Waals surface area contributed by atoms with Crippen molar-refractivity contribution in [1.82, 2.24) is 4.98 Å². The second-order valence-electron chi connectivity index (χ2n) is 11.7. The van der Waals surface area contributed by atoms with Crippen LogP contribution in [0.15, 0.2) is 115 Å². The number of nitrogens with zero attached hydrogens (tertiary/aromatic N) is 1. The minimum Gasteiger partial charge on any atom is -0.494 e. The Morgan fingerprint density at radius 1 is 0.583 bits per heavy atom. The molecule has 0 spiro atoms. The van der Waals surface area contributed by atoms with Crippen molar-refractivity contribution in [2.75, 3.05) is 23.8 Å². The van der Waals surface area contributed by atoms with Gasteiger partial charge in [0, 0.05) is 38.8 Å². The zero-order valence-electron chi connectivity index (χ0n) is 27.3. The number of anilines is 2. The number of benzene rings is 5. The summed E-state index contributed by atoms with van der Waals surface area (Å²) in [5.41, 5.74) is 4.87. The molecule has 0 bridgehead atoms. The van der Waals surface area contributed by atoms with E-state index in [1.54, 1.807) is 24.3 Å². The first-order valence-electron chi connectivity index (χ1n) is 16.5. The Bertz CT molecular complexity index is 2020. The van der Waals surface area contributed by atoms with Crippen LogP contribution in [0.2, 0.25) is 0 Å². The van der Waals surface area contributed by atoms with Crippen LogP contribution in [0.5, 0.6) is 11.5 Å². The molecule has 7 heteroatoms. The van der Waals surface area contributed by atoms with Crippen LogP contribution in [-0.4, -0.2) is 30.0 Å². The average molecular weight is 638 g/mol. The highest BCUT2D eigenvalue weighted by Crippen LogP contribution is 2.35. The third-order valence-electron chi connectivity index (χ3n) is 8.12. The molecule has 0 saturated heterocycles. The molecule has 0 fully saturated rings. The van der Waals surface area contributed by atoms with Gasteiger partial charge in [0.05, 0.1) is 24.4 Å². The van der Waals surface area contributed by atoms with Crippen molar-refractivity contribution in [3.63, 3.8) is 0 Å². The van der Waals surface area contributed by atoms with Gasteiger partial charge in [-0.2, -0.15) is 0 Å². The molecule has 0 aliphatic carbocycles. The Morgan fingerprint density at radius 3 is 1.65 bits per heavy atom. The van der Waals surface area contributed by atoms with E-state index in [1.807, 2.05) is 91.0 Å². The third kappa shape index (κ3) is 7.64. The standard InChI is InChI=1S/C41H39N3O4/c1-3-5-24-47-33-18-12-29(13-19-33)40(45)42-31-16-22-35-36-23-17-32(43-41(46)30-14-20-34(21-15-30)48-25-6-4-2)27-38(36)44-39(37(35)26-31)28-10-8-7-9-11-28/h7-23,26-27H,3-6,24-25H2,1-2H3,(H,42,45)(H,43,46). The van der Waals surface area contributed by atoms with E-state index in [9.17, 15) is 9.59 Å². The lowest BCUT2D eigenvalue weighted by Crippen LogP contribution is -2.12. The Hall–Kier alpha value is -5.69. The smallest absolute Gasteiger partial charge is 0.255 e. The van der Waals surface area contributed by atoms with Crippen molar-refractivity contribution < 1.29 is 19.1 Å². The molecule has 0 saturated carbocycles. The van der Waals surface area contributed by atoms with Crippen molar-refractivity contribution in [1.29, 1.82) is 0 Å². The summed E-state index contributed by atoms with van der Waals surface area (Å²) in [6.45, 7) is 5.56. The highest BCUT2D eigenvalue weighted by molar-refractivity contribution is 6.14. The number of amides is 2. The topological polar surface area (TPSA) is 89.5 Å². The summed E-state index contributed by atoms with van der Waals surface area (Å²) in [5.74, 6) is 1.08. The van der Waals surface area contributed by atoms with Crippen LogP contribution < -0.4 is 20.1 Å². The molecule has 5 aromatic carbocycles. The molecule has 0 atom stereocenters. The summed E-state index contributed by atoms with van der Waals surface area (Å²) in [6.07, 6.45) is 4.10. The fraction of sp³-hybridized carbons (Fsp3) is 0.195. The van der Waals surface area contributed by atoms with Crippen molar-refractivity contribution in [3.8, 4) is 22.8 Å². The minimum absolute atomic E-state index is 0.205. The number of fused-ring (bicyclic) bond motifs is 3. The quantitative estimate of drug-likeness (QED) is 0.0972. The summed E-state index contributed by atoms with van der Waals surface area (Å²) in [6, 6.07) is 36.0. The fourth-order valence-corrected chi connectivity index (χ4v) is 5.46. The van der Waals surface area contributed by atoms with Crippen molar-refractivity contribution in [3.05, 3.63) is 126 Å². The van der Waals surface area contributed by atoms with E-state index in [2.05, 4.69) is 24.5 Å². The van der Waals surface area contributed by atoms with Crippen LogP contribution in [0.1, 0.15) is 60.2 Å². The molecule has 2 amide bonds. The number of carbonyl (C=O) groups excluding carboxylic acids is 2. The molecule has 7 nitrogen and oxygen atoms in total.